The van der Waals surface area contributed by atoms with E-state index in [0.717, 1.165) is 38.8 Å². The molecule has 37 heavy (non-hydrogen) atoms. The highest BCUT2D eigenvalue weighted by Crippen LogP contribution is 2.07. The molecule has 1 aliphatic rings. The summed E-state index contributed by atoms with van der Waals surface area (Å²) >= 11 is 0. The average molecular weight is 536 g/mol. The van der Waals surface area contributed by atoms with Gasteiger partial charge in [-0.3, -0.25) is 4.79 Å². The van der Waals surface area contributed by atoms with Crippen molar-refractivity contribution in [2.24, 2.45) is 0 Å². The highest BCUT2D eigenvalue weighted by molar-refractivity contribution is 5.69. The molecule has 1 aliphatic heterocycles. The van der Waals surface area contributed by atoms with Gasteiger partial charge < -0.3 is 43.2 Å². The molecule has 0 amide bonds. The second-order valence-corrected chi connectivity index (χ2v) is 8.88. The summed E-state index contributed by atoms with van der Waals surface area (Å²) in [5, 5.41) is 3.32. The van der Waals surface area contributed by atoms with Crippen LogP contribution in [-0.4, -0.2) is 118 Å². The zero-order chi connectivity index (χ0) is 26.5. The van der Waals surface area contributed by atoms with Crippen LogP contribution in [0.5, 0.6) is 0 Å². The fourth-order valence-electron chi connectivity index (χ4n) is 3.60. The van der Waals surface area contributed by atoms with Gasteiger partial charge in [0.15, 0.2) is 0 Å². The van der Waals surface area contributed by atoms with Crippen LogP contribution in [-0.2, 0) is 42.7 Å². The molecular formula is C27H53NO9. The van der Waals surface area contributed by atoms with Crippen LogP contribution in [0.25, 0.3) is 0 Å². The van der Waals surface area contributed by atoms with Gasteiger partial charge in [0.1, 0.15) is 6.61 Å². The first-order chi connectivity index (χ1) is 18.3. The van der Waals surface area contributed by atoms with Crippen LogP contribution in [0.3, 0.4) is 0 Å². The summed E-state index contributed by atoms with van der Waals surface area (Å²) in [5.74, 6) is -0.139. The molecule has 0 aromatic heterocycles. The lowest BCUT2D eigenvalue weighted by Gasteiger charge is -2.22. The van der Waals surface area contributed by atoms with Crippen LogP contribution in [0.2, 0.25) is 0 Å². The Kier molecular flexibility index (Phi) is 26.0. The first-order valence-corrected chi connectivity index (χ1v) is 14.3. The van der Waals surface area contributed by atoms with Gasteiger partial charge in [-0.15, -0.1) is 0 Å². The third-order valence-corrected chi connectivity index (χ3v) is 5.70. The van der Waals surface area contributed by atoms with E-state index in [9.17, 15) is 4.79 Å². The summed E-state index contributed by atoms with van der Waals surface area (Å²) in [5.41, 5.74) is 0. The van der Waals surface area contributed by atoms with Crippen LogP contribution in [0, 0.1) is 0 Å². The molecule has 220 valence electrons. The summed E-state index contributed by atoms with van der Waals surface area (Å²) in [6.07, 6.45) is 8.66. The number of nitrogens with one attached hydrogen (secondary N) is 1. The zero-order valence-electron chi connectivity index (χ0n) is 23.2. The van der Waals surface area contributed by atoms with Gasteiger partial charge >= 0.3 is 5.97 Å². The lowest BCUT2D eigenvalue weighted by molar-refractivity contribution is -0.145. The molecule has 1 saturated heterocycles. The maximum absolute atomic E-state index is 11.6. The smallest absolute Gasteiger partial charge is 0.305 e. The van der Waals surface area contributed by atoms with Crippen LogP contribution < -0.4 is 5.32 Å². The third kappa shape index (κ3) is 25.2. The van der Waals surface area contributed by atoms with Gasteiger partial charge in [-0.2, -0.15) is 0 Å². The minimum atomic E-state index is -0.139. The summed E-state index contributed by atoms with van der Waals surface area (Å²) in [6.45, 7) is 11.4. The van der Waals surface area contributed by atoms with E-state index in [0.29, 0.717) is 105 Å². The molecule has 0 spiro atoms. The second-order valence-electron chi connectivity index (χ2n) is 8.88. The molecule has 0 aliphatic carbocycles. The number of carbonyl (C=O) groups excluding carboxylic acids is 1. The molecule has 10 nitrogen and oxygen atoms in total. The fraction of sp³-hybridized carbons (Fsp3) is 0.963. The van der Waals surface area contributed by atoms with Crippen molar-refractivity contribution < 1.29 is 42.7 Å². The maximum atomic E-state index is 11.6. The minimum absolute atomic E-state index is 0.139. The molecule has 1 fully saturated rings. The van der Waals surface area contributed by atoms with Crippen molar-refractivity contribution in [1.82, 2.24) is 5.32 Å². The van der Waals surface area contributed by atoms with E-state index >= 15 is 0 Å². The molecule has 0 atom stereocenters. The Balaban J connectivity index is 1.65. The fourth-order valence-corrected chi connectivity index (χ4v) is 3.60. The number of piperidine rings is 1. The summed E-state index contributed by atoms with van der Waals surface area (Å²) in [7, 11) is 0. The SMILES string of the molecule is CCCCCCCC(=O)OCCOCCOCCOCCOCCOCCOCCOC1CCNCC1. The Morgan fingerprint density at radius 3 is 1.51 bits per heavy atom. The van der Waals surface area contributed by atoms with Gasteiger partial charge in [0.05, 0.1) is 92.0 Å². The number of hydrogen-bond donors (Lipinski definition) is 1. The van der Waals surface area contributed by atoms with E-state index in [2.05, 4.69) is 12.2 Å². The lowest BCUT2D eigenvalue weighted by atomic mass is 10.1. The van der Waals surface area contributed by atoms with Crippen molar-refractivity contribution in [3.63, 3.8) is 0 Å². The Morgan fingerprint density at radius 2 is 1.03 bits per heavy atom. The molecule has 10 heteroatoms. The van der Waals surface area contributed by atoms with E-state index < -0.39 is 0 Å². The van der Waals surface area contributed by atoms with Crippen LogP contribution >= 0.6 is 0 Å². The number of carbonyl (C=O) groups is 1. The molecular weight excluding hydrogens is 482 g/mol. The van der Waals surface area contributed by atoms with Crippen molar-refractivity contribution >= 4 is 5.97 Å². The van der Waals surface area contributed by atoms with Crippen molar-refractivity contribution in [2.45, 2.75) is 64.4 Å². The quantitative estimate of drug-likeness (QED) is 0.119. The number of unbranched alkanes of at least 4 members (excludes halogenated alkanes) is 4. The number of rotatable bonds is 28. The van der Waals surface area contributed by atoms with Crippen LogP contribution in [0.4, 0.5) is 0 Å². The molecule has 0 radical (unpaired) electrons. The average Bonchev–Trinajstić information content (AvgIpc) is 2.92. The van der Waals surface area contributed by atoms with E-state index in [1.54, 1.807) is 0 Å². The Hall–Kier alpha value is -0.850. The number of hydrogen-bond acceptors (Lipinski definition) is 10. The third-order valence-electron chi connectivity index (χ3n) is 5.70. The van der Waals surface area contributed by atoms with E-state index in [-0.39, 0.29) is 5.97 Å². The van der Waals surface area contributed by atoms with E-state index in [4.69, 9.17) is 37.9 Å². The van der Waals surface area contributed by atoms with Crippen LogP contribution in [0.1, 0.15) is 58.3 Å². The maximum Gasteiger partial charge on any atom is 0.305 e. The summed E-state index contributed by atoms with van der Waals surface area (Å²) in [6, 6.07) is 0. The molecule has 0 unspecified atom stereocenters. The van der Waals surface area contributed by atoms with Gasteiger partial charge in [-0.05, 0) is 32.4 Å². The van der Waals surface area contributed by atoms with Gasteiger partial charge in [0.2, 0.25) is 0 Å². The Bertz CT molecular complexity index is 479. The van der Waals surface area contributed by atoms with Crippen molar-refractivity contribution in [3.8, 4) is 0 Å². The molecule has 1 rings (SSSR count). The lowest BCUT2D eigenvalue weighted by Crippen LogP contribution is -2.33. The largest absolute Gasteiger partial charge is 0.463 e. The van der Waals surface area contributed by atoms with Crippen molar-refractivity contribution in [1.29, 1.82) is 0 Å². The molecule has 1 N–H and O–H groups in total. The first kappa shape index (κ1) is 34.2. The summed E-state index contributed by atoms with van der Waals surface area (Å²) < 4.78 is 43.7. The number of ether oxygens (including phenoxy) is 8. The predicted molar refractivity (Wildman–Crippen MR) is 141 cm³/mol. The van der Waals surface area contributed by atoms with Gasteiger partial charge in [0, 0.05) is 6.42 Å². The molecule has 0 aromatic rings. The first-order valence-electron chi connectivity index (χ1n) is 14.3. The Morgan fingerprint density at radius 1 is 0.595 bits per heavy atom. The second kappa shape index (κ2) is 28.2. The monoisotopic (exact) mass is 535 g/mol. The van der Waals surface area contributed by atoms with E-state index in [1.807, 2.05) is 0 Å². The van der Waals surface area contributed by atoms with Gasteiger partial charge in [-0.25, -0.2) is 0 Å². The zero-order valence-corrected chi connectivity index (χ0v) is 23.2. The predicted octanol–water partition coefficient (Wildman–Crippen LogP) is 2.76. The topological polar surface area (TPSA) is 103 Å². The molecule has 0 aromatic carbocycles. The van der Waals surface area contributed by atoms with Gasteiger partial charge in [-0.1, -0.05) is 32.6 Å². The highest BCUT2D eigenvalue weighted by Gasteiger charge is 2.12. The molecule has 1 heterocycles. The minimum Gasteiger partial charge on any atom is -0.463 e. The Labute approximate surface area is 224 Å². The van der Waals surface area contributed by atoms with Gasteiger partial charge in [0.25, 0.3) is 0 Å². The summed E-state index contributed by atoms with van der Waals surface area (Å²) in [4.78, 5) is 11.6. The number of esters is 1. The van der Waals surface area contributed by atoms with Crippen molar-refractivity contribution in [3.05, 3.63) is 0 Å². The molecule has 0 bridgehead atoms. The highest BCUT2D eigenvalue weighted by atomic mass is 16.6. The van der Waals surface area contributed by atoms with Crippen molar-refractivity contribution in [2.75, 3.05) is 106 Å². The van der Waals surface area contributed by atoms with Crippen LogP contribution in [0.15, 0.2) is 0 Å². The molecule has 0 saturated carbocycles. The standard InChI is InChI=1S/C27H53NO9/c1-2-3-4-5-6-7-27(29)37-25-23-35-21-19-33-17-15-31-13-12-30-14-16-32-18-20-34-22-24-36-26-8-10-28-11-9-26/h26,28H,2-25H2,1H3. The van der Waals surface area contributed by atoms with E-state index in [1.165, 1.54) is 19.3 Å². The normalized spacial score (nSPS) is 14.3.